The van der Waals surface area contributed by atoms with Crippen LogP contribution in [0.1, 0.15) is 100 Å². The zero-order valence-electron chi connectivity index (χ0n) is 30.7. The molecule has 5 amide bonds. The summed E-state index contributed by atoms with van der Waals surface area (Å²) in [7, 11) is -2.12. The van der Waals surface area contributed by atoms with E-state index in [2.05, 4.69) is 22.7 Å². The highest BCUT2D eigenvalue weighted by atomic mass is 32.2. The Kier molecular flexibility index (Phi) is 10.6. The van der Waals surface area contributed by atoms with Crippen molar-refractivity contribution in [3.05, 3.63) is 47.5 Å². The van der Waals surface area contributed by atoms with Crippen LogP contribution in [0.2, 0.25) is 0 Å². The number of rotatable bonds is 8. The number of nitrogens with one attached hydrogen (secondary N) is 2. The van der Waals surface area contributed by atoms with Crippen molar-refractivity contribution in [2.24, 2.45) is 17.3 Å². The molecule has 3 saturated carbocycles. The number of hydrogen-bond donors (Lipinski definition) is 2. The van der Waals surface area contributed by atoms with Gasteiger partial charge in [0.05, 0.1) is 23.3 Å². The molecule has 4 fully saturated rings. The van der Waals surface area contributed by atoms with Crippen LogP contribution < -0.4 is 10.0 Å². The van der Waals surface area contributed by atoms with Crippen LogP contribution in [0.4, 0.5) is 9.59 Å². The summed E-state index contributed by atoms with van der Waals surface area (Å²) in [6, 6.07) is 3.90. The average Bonchev–Trinajstić information content (AvgIpc) is 3.91. The second-order valence-electron chi connectivity index (χ2n) is 16.2. The van der Waals surface area contributed by atoms with E-state index in [-0.39, 0.29) is 37.8 Å². The Morgan fingerprint density at radius 3 is 2.47 bits per heavy atom. The minimum absolute atomic E-state index is 0.0322. The van der Waals surface area contributed by atoms with Gasteiger partial charge in [-0.25, -0.2) is 18.0 Å². The van der Waals surface area contributed by atoms with Crippen molar-refractivity contribution in [3.63, 3.8) is 0 Å². The molecule has 1 aromatic carbocycles. The van der Waals surface area contributed by atoms with Gasteiger partial charge in [0.2, 0.25) is 21.8 Å². The molecule has 0 radical (unpaired) electrons. The van der Waals surface area contributed by atoms with Crippen molar-refractivity contribution in [2.75, 3.05) is 20.1 Å². The van der Waals surface area contributed by atoms with Gasteiger partial charge in [-0.05, 0) is 79.9 Å². The van der Waals surface area contributed by atoms with Crippen molar-refractivity contribution >= 4 is 39.7 Å². The fourth-order valence-corrected chi connectivity index (χ4v) is 10.4. The molecule has 14 heteroatoms. The van der Waals surface area contributed by atoms with Gasteiger partial charge < -0.3 is 19.9 Å². The van der Waals surface area contributed by atoms with Crippen molar-refractivity contribution in [1.82, 2.24) is 24.7 Å². The summed E-state index contributed by atoms with van der Waals surface area (Å²) in [4.78, 5) is 74.6. The first-order chi connectivity index (χ1) is 25.4. The molecule has 0 spiro atoms. The molecular weight excluding hydrogens is 699 g/mol. The third-order valence-corrected chi connectivity index (χ3v) is 14.4. The number of carbonyl (C=O) groups excluding carboxylic acids is 5. The van der Waals surface area contributed by atoms with Crippen LogP contribution in [0.3, 0.4) is 0 Å². The standard InChI is InChI=1S/C39H53N5O8S/c1-3-28-20-39(28,36(47)41-53(50,51)30-16-17-30)21-33(45)32-19-29-23-44(32)35(46)34(26-12-7-8-13-26)40-37(48)42(2)18-9-5-4-6-11-25-14-10-15-27-22-43(24-31(25)27)38(49)52-29/h3,10,14-15,26,28-30,32,34H,1,4-9,11-13,16-24H2,2H3,(H,40,48)(H,41,47)/t28-,29-,32+,34+,39-/m1/s1. The van der Waals surface area contributed by atoms with Crippen LogP contribution in [-0.4, -0.2) is 96.4 Å². The van der Waals surface area contributed by atoms with E-state index in [9.17, 15) is 32.4 Å². The lowest BCUT2D eigenvalue weighted by atomic mass is 9.91. The number of urea groups is 1. The molecule has 3 heterocycles. The number of ether oxygens (including phenoxy) is 1. The molecule has 0 unspecified atom stereocenters. The molecule has 1 saturated heterocycles. The summed E-state index contributed by atoms with van der Waals surface area (Å²) in [6.45, 7) is 5.16. The Morgan fingerprint density at radius 2 is 1.75 bits per heavy atom. The van der Waals surface area contributed by atoms with E-state index in [4.69, 9.17) is 4.74 Å². The third-order valence-electron chi connectivity index (χ3n) is 12.5. The van der Waals surface area contributed by atoms with Crippen LogP contribution in [0.5, 0.6) is 0 Å². The average molecular weight is 752 g/mol. The Labute approximate surface area is 312 Å². The Hall–Kier alpha value is -3.94. The number of allylic oxidation sites excluding steroid dienone is 1. The van der Waals surface area contributed by atoms with Gasteiger partial charge in [-0.15, -0.1) is 6.58 Å². The molecule has 3 aliphatic heterocycles. The lowest BCUT2D eigenvalue weighted by Crippen LogP contribution is -2.56. The first-order valence-corrected chi connectivity index (χ1v) is 21.0. The van der Waals surface area contributed by atoms with Crippen LogP contribution in [0, 0.1) is 17.3 Å². The third kappa shape index (κ3) is 7.84. The van der Waals surface area contributed by atoms with Gasteiger partial charge in [0.25, 0.3) is 0 Å². The maximum atomic E-state index is 14.7. The maximum absolute atomic E-state index is 14.7. The SMILES string of the molecule is C=C[C@@H]1C[C@]1(CC(=O)[C@@H]1C[C@@H]2CN1C(=O)[C@H](C1CCCC1)NC(=O)N(C)CCCCCCc1cccc3c1CN(C3)C(=O)O2)C(=O)NS(=O)(=O)C1CC1. The van der Waals surface area contributed by atoms with Crippen LogP contribution in [0.25, 0.3) is 0 Å². The number of Topliss-reactive ketones (excluding diaryl/α,β-unsaturated/α-hetero) is 1. The lowest BCUT2D eigenvalue weighted by molar-refractivity contribution is -0.141. The van der Waals surface area contributed by atoms with E-state index in [1.165, 1.54) is 10.5 Å². The van der Waals surface area contributed by atoms with Gasteiger partial charge in [0.1, 0.15) is 12.1 Å². The van der Waals surface area contributed by atoms with Gasteiger partial charge >= 0.3 is 12.1 Å². The summed E-state index contributed by atoms with van der Waals surface area (Å²) in [5.41, 5.74) is 2.14. The number of amides is 5. The summed E-state index contributed by atoms with van der Waals surface area (Å²) in [5, 5.41) is 2.41. The van der Waals surface area contributed by atoms with Gasteiger partial charge in [-0.2, -0.15) is 0 Å². The van der Waals surface area contributed by atoms with Crippen molar-refractivity contribution in [1.29, 1.82) is 0 Å². The summed E-state index contributed by atoms with van der Waals surface area (Å²) >= 11 is 0. The number of ketones is 1. The second kappa shape index (κ2) is 15.1. The van der Waals surface area contributed by atoms with Crippen molar-refractivity contribution in [3.8, 4) is 0 Å². The molecule has 5 atom stereocenters. The molecule has 4 bridgehead atoms. The molecule has 1 aromatic rings. The molecule has 53 heavy (non-hydrogen) atoms. The van der Waals surface area contributed by atoms with E-state index >= 15 is 0 Å². The van der Waals surface area contributed by atoms with Gasteiger partial charge in [-0.3, -0.25) is 24.0 Å². The fraction of sp³-hybridized carbons (Fsp3) is 0.667. The normalized spacial score (nSPS) is 30.1. The zero-order chi connectivity index (χ0) is 37.5. The lowest BCUT2D eigenvalue weighted by Gasteiger charge is -2.33. The molecule has 2 N–H and O–H groups in total. The zero-order valence-corrected chi connectivity index (χ0v) is 31.5. The summed E-state index contributed by atoms with van der Waals surface area (Å²) < 4.78 is 33.8. The van der Waals surface area contributed by atoms with E-state index in [1.54, 1.807) is 22.9 Å². The highest BCUT2D eigenvalue weighted by Crippen LogP contribution is 2.57. The van der Waals surface area contributed by atoms with Crippen LogP contribution in [-0.2, 0) is 48.7 Å². The molecule has 3 aliphatic carbocycles. The molecule has 13 nitrogen and oxygen atoms in total. The topological polar surface area (TPSA) is 162 Å². The number of nitrogens with zero attached hydrogens (tertiary/aromatic N) is 3. The van der Waals surface area contributed by atoms with Crippen molar-refractivity contribution in [2.45, 2.75) is 126 Å². The van der Waals surface area contributed by atoms with E-state index in [1.807, 2.05) is 12.1 Å². The number of carbonyl (C=O) groups is 5. The van der Waals surface area contributed by atoms with Gasteiger partial charge in [0, 0.05) is 39.5 Å². The van der Waals surface area contributed by atoms with Gasteiger partial charge in [-0.1, -0.05) is 50.0 Å². The highest BCUT2D eigenvalue weighted by Gasteiger charge is 2.61. The Morgan fingerprint density at radius 1 is 1.02 bits per heavy atom. The molecule has 0 aromatic heterocycles. The van der Waals surface area contributed by atoms with Gasteiger partial charge in [0.15, 0.2) is 5.78 Å². The molecular formula is C39H53N5O8S. The number of aryl methyl sites for hydroxylation is 1. The predicted molar refractivity (Wildman–Crippen MR) is 196 cm³/mol. The summed E-state index contributed by atoms with van der Waals surface area (Å²) in [6.07, 6.45) is 9.24. The summed E-state index contributed by atoms with van der Waals surface area (Å²) in [5.74, 6) is -2.07. The highest BCUT2D eigenvalue weighted by molar-refractivity contribution is 7.90. The second-order valence-corrected chi connectivity index (χ2v) is 18.2. The monoisotopic (exact) mass is 751 g/mol. The minimum Gasteiger partial charge on any atom is -0.444 e. The predicted octanol–water partition coefficient (Wildman–Crippen LogP) is 4.18. The van der Waals surface area contributed by atoms with E-state index in [0.29, 0.717) is 32.5 Å². The largest absolute Gasteiger partial charge is 0.444 e. The Bertz CT molecular complexity index is 1760. The number of hydrogen-bond acceptors (Lipinski definition) is 8. The fourth-order valence-electron chi connectivity index (χ4n) is 9.03. The number of sulfonamides is 1. The molecule has 6 aliphatic rings. The quantitative estimate of drug-likeness (QED) is 0.374. The number of fused-ring (bicyclic) bond motifs is 3. The first-order valence-electron chi connectivity index (χ1n) is 19.5. The molecule has 7 rings (SSSR count). The maximum Gasteiger partial charge on any atom is 0.410 e. The van der Waals surface area contributed by atoms with Crippen LogP contribution in [0.15, 0.2) is 30.9 Å². The van der Waals surface area contributed by atoms with Crippen LogP contribution >= 0.6 is 0 Å². The minimum atomic E-state index is -3.85. The van der Waals surface area contributed by atoms with E-state index < -0.39 is 68.5 Å². The smallest absolute Gasteiger partial charge is 0.410 e. The van der Waals surface area contributed by atoms with Crippen molar-refractivity contribution < 1.29 is 37.1 Å². The van der Waals surface area contributed by atoms with E-state index in [0.717, 1.165) is 68.9 Å². The number of benzene rings is 1. The molecule has 288 valence electrons. The Balaban J connectivity index is 1.16. The first kappa shape index (κ1) is 37.4.